The van der Waals surface area contributed by atoms with Crippen LogP contribution in [0, 0.1) is 0 Å². The molecule has 0 aliphatic carbocycles. The number of benzene rings is 2. The van der Waals surface area contributed by atoms with E-state index in [2.05, 4.69) is 10.3 Å². The molecule has 4 rings (SSSR count). The topological polar surface area (TPSA) is 106 Å². The van der Waals surface area contributed by atoms with E-state index in [1.807, 2.05) is 54.6 Å². The number of aliphatic carboxylic acids is 1. The lowest BCUT2D eigenvalue weighted by atomic mass is 9.87. The number of aliphatic hydroxyl groups excluding tert-OH is 1. The highest BCUT2D eigenvalue weighted by Gasteiger charge is 2.52. The number of hydrogen-bond acceptors (Lipinski definition) is 3. The van der Waals surface area contributed by atoms with Crippen LogP contribution in [0.2, 0.25) is 0 Å². The third kappa shape index (κ3) is 3.41. The van der Waals surface area contributed by atoms with E-state index < -0.39 is 23.6 Å². The molecule has 1 aromatic heterocycles. The molecule has 0 bridgehead atoms. The lowest BCUT2D eigenvalue weighted by Gasteiger charge is -2.35. The van der Waals surface area contributed by atoms with Crippen molar-refractivity contribution >= 4 is 22.9 Å². The van der Waals surface area contributed by atoms with Gasteiger partial charge in [-0.2, -0.15) is 0 Å². The molecule has 7 heteroatoms. The molecule has 1 fully saturated rings. The summed E-state index contributed by atoms with van der Waals surface area (Å²) in [6.07, 6.45) is 3.07. The molecule has 1 aliphatic rings. The molecule has 2 aromatic carbocycles. The average molecular weight is 407 g/mol. The number of aromatic nitrogens is 1. The van der Waals surface area contributed by atoms with Crippen molar-refractivity contribution in [3.05, 3.63) is 71.9 Å². The second-order valence-corrected chi connectivity index (χ2v) is 7.69. The summed E-state index contributed by atoms with van der Waals surface area (Å²) in [7, 11) is 0. The maximum atomic E-state index is 13.2. The van der Waals surface area contributed by atoms with Crippen LogP contribution in [0.1, 0.15) is 24.0 Å². The molecule has 2 amide bonds. The molecule has 4 N–H and O–H groups in total. The predicted molar refractivity (Wildman–Crippen MR) is 113 cm³/mol. The summed E-state index contributed by atoms with van der Waals surface area (Å²) >= 11 is 0. The van der Waals surface area contributed by atoms with Crippen LogP contribution in [-0.2, 0) is 16.8 Å². The molecule has 0 radical (unpaired) electrons. The zero-order chi connectivity index (χ0) is 21.1. The van der Waals surface area contributed by atoms with Gasteiger partial charge in [0.15, 0.2) is 5.54 Å². The first-order chi connectivity index (χ1) is 14.6. The summed E-state index contributed by atoms with van der Waals surface area (Å²) in [5.74, 6) is -1.05. The Kier molecular flexibility index (Phi) is 5.46. The number of amides is 2. The first-order valence-corrected chi connectivity index (χ1v) is 10.1. The van der Waals surface area contributed by atoms with Gasteiger partial charge in [-0.1, -0.05) is 48.5 Å². The van der Waals surface area contributed by atoms with E-state index >= 15 is 0 Å². The van der Waals surface area contributed by atoms with Gasteiger partial charge in [0, 0.05) is 29.2 Å². The minimum atomic E-state index is -1.45. The second kappa shape index (κ2) is 8.20. The van der Waals surface area contributed by atoms with Crippen molar-refractivity contribution < 1.29 is 19.8 Å². The number of carbonyl (C=O) groups excluding carboxylic acids is 1. The summed E-state index contributed by atoms with van der Waals surface area (Å²) in [6, 6.07) is 16.1. The third-order valence-electron chi connectivity index (χ3n) is 5.89. The number of likely N-dealkylation sites (tertiary alicyclic amines) is 1. The van der Waals surface area contributed by atoms with Gasteiger partial charge < -0.3 is 25.4 Å². The van der Waals surface area contributed by atoms with Gasteiger partial charge in [-0.3, -0.25) is 0 Å². The number of carbonyl (C=O) groups is 2. The molecular formula is C23H25N3O4. The van der Waals surface area contributed by atoms with Crippen LogP contribution in [-0.4, -0.2) is 51.3 Å². The van der Waals surface area contributed by atoms with E-state index in [0.29, 0.717) is 31.4 Å². The van der Waals surface area contributed by atoms with Crippen LogP contribution >= 0.6 is 0 Å². The summed E-state index contributed by atoms with van der Waals surface area (Å²) in [5.41, 5.74) is 0.954. The number of nitrogens with zero attached hydrogens (tertiary/aromatic N) is 1. The van der Waals surface area contributed by atoms with Crippen LogP contribution < -0.4 is 5.32 Å². The van der Waals surface area contributed by atoms with Crippen LogP contribution in [0.15, 0.2) is 60.8 Å². The number of aliphatic hydroxyl groups is 1. The molecular weight excluding hydrogens is 382 g/mol. The van der Waals surface area contributed by atoms with Crippen LogP contribution in [0.5, 0.6) is 0 Å². The van der Waals surface area contributed by atoms with Gasteiger partial charge in [-0.05, 0) is 30.9 Å². The van der Waals surface area contributed by atoms with Crippen molar-refractivity contribution in [2.75, 3.05) is 13.2 Å². The number of aromatic amines is 1. The largest absolute Gasteiger partial charge is 0.479 e. The van der Waals surface area contributed by atoms with Crippen molar-refractivity contribution in [1.29, 1.82) is 0 Å². The summed E-state index contributed by atoms with van der Waals surface area (Å²) in [6.45, 7) is 0.1000. The standard InChI is InChI=1S/C23H25N3O4/c27-15-17(13-16-7-2-1-3-8-16)25-22(30)26-12-6-11-23(26,21(28)29)19-14-24-20-10-5-4-9-18(19)20/h1-5,7-10,14,17,24,27H,6,11-13,15H2,(H,25,30)(H,28,29). The normalized spacial score (nSPS) is 19.7. The van der Waals surface area contributed by atoms with Crippen molar-refractivity contribution in [2.24, 2.45) is 0 Å². The quantitative estimate of drug-likeness (QED) is 0.504. The zero-order valence-electron chi connectivity index (χ0n) is 16.5. The number of carboxylic acids is 1. The maximum absolute atomic E-state index is 13.2. The minimum Gasteiger partial charge on any atom is -0.479 e. The lowest BCUT2D eigenvalue weighted by Crippen LogP contribution is -2.56. The van der Waals surface area contributed by atoms with E-state index in [1.54, 1.807) is 6.20 Å². The van der Waals surface area contributed by atoms with Gasteiger partial charge in [0.05, 0.1) is 12.6 Å². The van der Waals surface area contributed by atoms with Gasteiger partial charge >= 0.3 is 12.0 Å². The molecule has 2 unspecified atom stereocenters. The number of rotatable bonds is 6. The Morgan fingerprint density at radius 2 is 1.87 bits per heavy atom. The van der Waals surface area contributed by atoms with E-state index in [4.69, 9.17) is 0 Å². The van der Waals surface area contributed by atoms with Crippen molar-refractivity contribution in [3.8, 4) is 0 Å². The highest BCUT2D eigenvalue weighted by Crippen LogP contribution is 2.42. The Balaban J connectivity index is 1.63. The van der Waals surface area contributed by atoms with Crippen molar-refractivity contribution in [2.45, 2.75) is 30.8 Å². The Bertz CT molecular complexity index is 1050. The van der Waals surface area contributed by atoms with Crippen molar-refractivity contribution in [1.82, 2.24) is 15.2 Å². The fraction of sp³-hybridized carbons (Fsp3) is 0.304. The number of carboxylic acid groups (broad SMARTS) is 1. The smallest absolute Gasteiger partial charge is 0.334 e. The monoisotopic (exact) mass is 407 g/mol. The first-order valence-electron chi connectivity index (χ1n) is 10.1. The summed E-state index contributed by atoms with van der Waals surface area (Å²) in [5, 5.41) is 23.7. The van der Waals surface area contributed by atoms with Gasteiger partial charge in [0.25, 0.3) is 0 Å². The number of para-hydroxylation sites is 1. The SMILES string of the molecule is O=C(NC(CO)Cc1ccccc1)N1CCCC1(C(=O)O)c1c[nH]c2ccccc12. The third-order valence-corrected chi connectivity index (χ3v) is 5.89. The Morgan fingerprint density at radius 3 is 2.60 bits per heavy atom. The average Bonchev–Trinajstić information content (AvgIpc) is 3.39. The number of hydrogen-bond donors (Lipinski definition) is 4. The molecule has 0 spiro atoms. The lowest BCUT2D eigenvalue weighted by molar-refractivity contribution is -0.148. The Labute approximate surface area is 174 Å². The van der Waals surface area contributed by atoms with E-state index in [-0.39, 0.29) is 6.61 Å². The highest BCUT2D eigenvalue weighted by molar-refractivity contribution is 5.95. The van der Waals surface area contributed by atoms with E-state index in [0.717, 1.165) is 16.5 Å². The first kappa shape index (κ1) is 20.0. The molecule has 1 saturated heterocycles. The minimum absolute atomic E-state index is 0.234. The predicted octanol–water partition coefficient (Wildman–Crippen LogP) is 2.86. The molecule has 3 aromatic rings. The van der Waals surface area contributed by atoms with E-state index in [1.165, 1.54) is 4.90 Å². The molecule has 0 saturated carbocycles. The number of fused-ring (bicyclic) bond motifs is 1. The highest BCUT2D eigenvalue weighted by atomic mass is 16.4. The molecule has 2 heterocycles. The number of nitrogens with one attached hydrogen (secondary N) is 2. The zero-order valence-corrected chi connectivity index (χ0v) is 16.5. The molecule has 7 nitrogen and oxygen atoms in total. The Hall–Kier alpha value is -3.32. The maximum Gasteiger partial charge on any atom is 0.334 e. The fourth-order valence-corrected chi connectivity index (χ4v) is 4.44. The molecule has 156 valence electrons. The fourth-order valence-electron chi connectivity index (χ4n) is 4.44. The van der Waals surface area contributed by atoms with Crippen LogP contribution in [0.25, 0.3) is 10.9 Å². The number of H-pyrrole nitrogens is 1. The molecule has 30 heavy (non-hydrogen) atoms. The van der Waals surface area contributed by atoms with Gasteiger partial charge in [-0.15, -0.1) is 0 Å². The molecule has 2 atom stereocenters. The second-order valence-electron chi connectivity index (χ2n) is 7.69. The van der Waals surface area contributed by atoms with E-state index in [9.17, 15) is 19.8 Å². The Morgan fingerprint density at radius 1 is 1.13 bits per heavy atom. The van der Waals surface area contributed by atoms with Gasteiger partial charge in [-0.25, -0.2) is 9.59 Å². The van der Waals surface area contributed by atoms with Crippen LogP contribution in [0.4, 0.5) is 4.79 Å². The van der Waals surface area contributed by atoms with Gasteiger partial charge in [0.1, 0.15) is 0 Å². The summed E-state index contributed by atoms with van der Waals surface area (Å²) < 4.78 is 0. The summed E-state index contributed by atoms with van der Waals surface area (Å²) in [4.78, 5) is 30.3. The van der Waals surface area contributed by atoms with Gasteiger partial charge in [0.2, 0.25) is 0 Å². The van der Waals surface area contributed by atoms with Crippen molar-refractivity contribution in [3.63, 3.8) is 0 Å². The number of urea groups is 1. The molecule has 1 aliphatic heterocycles. The van der Waals surface area contributed by atoms with Crippen LogP contribution in [0.3, 0.4) is 0 Å².